The molecule has 4 nitrogen and oxygen atoms in total. The van der Waals surface area contributed by atoms with Gasteiger partial charge in [0.15, 0.2) is 0 Å². The Morgan fingerprint density at radius 3 is 3.06 bits per heavy atom. The lowest BCUT2D eigenvalue weighted by Crippen LogP contribution is -2.27. The molecule has 0 bridgehead atoms. The van der Waals surface area contributed by atoms with E-state index in [0.29, 0.717) is 13.0 Å². The normalized spacial score (nSPS) is 10.3. The number of carbonyl (C=O) groups excluding carboxylic acids is 1. The van der Waals surface area contributed by atoms with Crippen LogP contribution in [0.3, 0.4) is 0 Å². The van der Waals surface area contributed by atoms with Crippen LogP contribution < -0.4 is 5.32 Å². The standard InChI is InChI=1S/C14H17N3O/c1-11-3-2-4-12(7-11)8-14(18)16-6-5-13-9-15-10-17-13/h2-4,7,9-10H,5-6,8H2,1H3,(H,15,17)(H,16,18). The van der Waals surface area contributed by atoms with E-state index < -0.39 is 0 Å². The molecule has 0 aliphatic carbocycles. The van der Waals surface area contributed by atoms with Gasteiger partial charge in [0.1, 0.15) is 0 Å². The predicted octanol–water partition coefficient (Wildman–Crippen LogP) is 1.62. The highest BCUT2D eigenvalue weighted by Crippen LogP contribution is 2.04. The highest BCUT2D eigenvalue weighted by Gasteiger charge is 2.03. The molecule has 0 saturated carbocycles. The average molecular weight is 243 g/mol. The van der Waals surface area contributed by atoms with Crippen molar-refractivity contribution in [1.82, 2.24) is 15.3 Å². The van der Waals surface area contributed by atoms with Gasteiger partial charge in [-0.05, 0) is 12.5 Å². The number of H-pyrrole nitrogens is 1. The molecule has 0 fully saturated rings. The van der Waals surface area contributed by atoms with Crippen molar-refractivity contribution < 1.29 is 4.79 Å². The molecule has 1 heterocycles. The van der Waals surface area contributed by atoms with Crippen LogP contribution in [-0.4, -0.2) is 22.4 Å². The summed E-state index contributed by atoms with van der Waals surface area (Å²) in [6.07, 6.45) is 4.63. The van der Waals surface area contributed by atoms with Crippen molar-refractivity contribution in [1.29, 1.82) is 0 Å². The van der Waals surface area contributed by atoms with Crippen LogP contribution in [0, 0.1) is 6.92 Å². The molecule has 2 N–H and O–H groups in total. The number of aromatic nitrogens is 2. The fourth-order valence-electron chi connectivity index (χ4n) is 1.83. The number of hydrogen-bond acceptors (Lipinski definition) is 2. The summed E-state index contributed by atoms with van der Waals surface area (Å²) in [7, 11) is 0. The minimum atomic E-state index is 0.0557. The van der Waals surface area contributed by atoms with Crippen LogP contribution in [0.4, 0.5) is 0 Å². The fourth-order valence-corrected chi connectivity index (χ4v) is 1.83. The van der Waals surface area contributed by atoms with Gasteiger partial charge in [0.25, 0.3) is 0 Å². The number of rotatable bonds is 5. The van der Waals surface area contributed by atoms with E-state index in [2.05, 4.69) is 15.3 Å². The van der Waals surface area contributed by atoms with E-state index in [-0.39, 0.29) is 5.91 Å². The van der Waals surface area contributed by atoms with Crippen LogP contribution in [0.2, 0.25) is 0 Å². The van der Waals surface area contributed by atoms with Gasteiger partial charge in [-0.15, -0.1) is 0 Å². The first-order chi connectivity index (χ1) is 8.74. The highest BCUT2D eigenvalue weighted by atomic mass is 16.1. The van der Waals surface area contributed by atoms with E-state index in [9.17, 15) is 4.79 Å². The molecule has 18 heavy (non-hydrogen) atoms. The number of aryl methyl sites for hydroxylation is 1. The zero-order chi connectivity index (χ0) is 12.8. The quantitative estimate of drug-likeness (QED) is 0.838. The van der Waals surface area contributed by atoms with Gasteiger partial charge in [-0.3, -0.25) is 4.79 Å². The van der Waals surface area contributed by atoms with Crippen molar-refractivity contribution in [2.75, 3.05) is 6.54 Å². The zero-order valence-corrected chi connectivity index (χ0v) is 10.4. The molecule has 1 amide bonds. The molecular formula is C14H17N3O. The number of nitrogens with zero attached hydrogens (tertiary/aromatic N) is 1. The largest absolute Gasteiger partial charge is 0.355 e. The van der Waals surface area contributed by atoms with Gasteiger partial charge in [0.2, 0.25) is 5.91 Å². The third-order valence-corrected chi connectivity index (χ3v) is 2.72. The molecular weight excluding hydrogens is 226 g/mol. The van der Waals surface area contributed by atoms with Gasteiger partial charge in [-0.25, -0.2) is 4.98 Å². The van der Waals surface area contributed by atoms with Crippen LogP contribution in [0.15, 0.2) is 36.8 Å². The topological polar surface area (TPSA) is 57.8 Å². The maximum Gasteiger partial charge on any atom is 0.224 e. The Hall–Kier alpha value is -2.10. The second kappa shape index (κ2) is 6.00. The molecule has 0 unspecified atom stereocenters. The first kappa shape index (κ1) is 12.4. The van der Waals surface area contributed by atoms with Crippen molar-refractivity contribution in [2.45, 2.75) is 19.8 Å². The average Bonchev–Trinajstić information content (AvgIpc) is 2.82. The summed E-state index contributed by atoms with van der Waals surface area (Å²) in [5.41, 5.74) is 3.26. The first-order valence-corrected chi connectivity index (χ1v) is 6.03. The molecule has 0 atom stereocenters. The number of hydrogen-bond donors (Lipinski definition) is 2. The Bertz CT molecular complexity index is 506. The van der Waals surface area contributed by atoms with Crippen molar-refractivity contribution in [3.05, 3.63) is 53.6 Å². The van der Waals surface area contributed by atoms with Crippen LogP contribution in [0.25, 0.3) is 0 Å². The summed E-state index contributed by atoms with van der Waals surface area (Å²) in [5, 5.41) is 2.90. The number of benzene rings is 1. The number of carbonyl (C=O) groups is 1. The van der Waals surface area contributed by atoms with Crippen molar-refractivity contribution in [3.63, 3.8) is 0 Å². The third-order valence-electron chi connectivity index (χ3n) is 2.72. The number of imidazole rings is 1. The van der Waals surface area contributed by atoms with Gasteiger partial charge in [-0.2, -0.15) is 0 Å². The van der Waals surface area contributed by atoms with E-state index in [1.165, 1.54) is 5.56 Å². The molecule has 0 aliphatic heterocycles. The van der Waals surface area contributed by atoms with Gasteiger partial charge >= 0.3 is 0 Å². The highest BCUT2D eigenvalue weighted by molar-refractivity contribution is 5.78. The van der Waals surface area contributed by atoms with Crippen LogP contribution in [-0.2, 0) is 17.6 Å². The van der Waals surface area contributed by atoms with E-state index in [0.717, 1.165) is 17.7 Å². The summed E-state index contributed by atoms with van der Waals surface area (Å²) < 4.78 is 0. The molecule has 0 saturated heterocycles. The Balaban J connectivity index is 1.75. The molecule has 0 radical (unpaired) electrons. The molecule has 2 rings (SSSR count). The molecule has 1 aromatic heterocycles. The van der Waals surface area contributed by atoms with E-state index in [4.69, 9.17) is 0 Å². The Morgan fingerprint density at radius 2 is 2.33 bits per heavy atom. The maximum absolute atomic E-state index is 11.7. The van der Waals surface area contributed by atoms with E-state index in [1.807, 2.05) is 31.2 Å². The van der Waals surface area contributed by atoms with Gasteiger partial charge in [-0.1, -0.05) is 29.8 Å². The summed E-state index contributed by atoms with van der Waals surface area (Å²) in [6.45, 7) is 2.66. The minimum absolute atomic E-state index is 0.0557. The van der Waals surface area contributed by atoms with Crippen molar-refractivity contribution in [3.8, 4) is 0 Å². The lowest BCUT2D eigenvalue weighted by molar-refractivity contribution is -0.120. The number of nitrogens with one attached hydrogen (secondary N) is 2. The predicted molar refractivity (Wildman–Crippen MR) is 70.2 cm³/mol. The van der Waals surface area contributed by atoms with Crippen LogP contribution >= 0.6 is 0 Å². The lowest BCUT2D eigenvalue weighted by atomic mass is 10.1. The second-order valence-electron chi connectivity index (χ2n) is 4.34. The van der Waals surface area contributed by atoms with Crippen molar-refractivity contribution >= 4 is 5.91 Å². The van der Waals surface area contributed by atoms with Crippen LogP contribution in [0.1, 0.15) is 16.8 Å². The SMILES string of the molecule is Cc1cccc(CC(=O)NCCc2cnc[nH]2)c1. The smallest absolute Gasteiger partial charge is 0.224 e. The maximum atomic E-state index is 11.7. The third kappa shape index (κ3) is 3.73. The fraction of sp³-hybridized carbons (Fsp3) is 0.286. The Morgan fingerprint density at radius 1 is 1.44 bits per heavy atom. The van der Waals surface area contributed by atoms with Crippen molar-refractivity contribution in [2.24, 2.45) is 0 Å². The summed E-state index contributed by atoms with van der Waals surface area (Å²) in [5.74, 6) is 0.0557. The zero-order valence-electron chi connectivity index (χ0n) is 10.4. The molecule has 2 aromatic rings. The lowest BCUT2D eigenvalue weighted by Gasteiger charge is -2.05. The van der Waals surface area contributed by atoms with Gasteiger partial charge in [0, 0.05) is 24.9 Å². The summed E-state index contributed by atoms with van der Waals surface area (Å²) >= 11 is 0. The monoisotopic (exact) mass is 243 g/mol. The summed E-state index contributed by atoms with van der Waals surface area (Å²) in [6, 6.07) is 8.01. The Labute approximate surface area is 106 Å². The second-order valence-corrected chi connectivity index (χ2v) is 4.34. The molecule has 0 aliphatic rings. The van der Waals surface area contributed by atoms with Gasteiger partial charge in [0.05, 0.1) is 12.7 Å². The molecule has 4 heteroatoms. The molecule has 1 aromatic carbocycles. The minimum Gasteiger partial charge on any atom is -0.355 e. The number of aromatic amines is 1. The summed E-state index contributed by atoms with van der Waals surface area (Å²) in [4.78, 5) is 18.7. The molecule has 0 spiro atoms. The van der Waals surface area contributed by atoms with E-state index >= 15 is 0 Å². The van der Waals surface area contributed by atoms with Crippen LogP contribution in [0.5, 0.6) is 0 Å². The van der Waals surface area contributed by atoms with E-state index in [1.54, 1.807) is 12.5 Å². The first-order valence-electron chi connectivity index (χ1n) is 6.03. The Kier molecular flexibility index (Phi) is 4.12. The molecule has 94 valence electrons. The van der Waals surface area contributed by atoms with Gasteiger partial charge < -0.3 is 10.3 Å². The number of amides is 1.